The lowest BCUT2D eigenvalue weighted by molar-refractivity contribution is -0.117. The van der Waals surface area contributed by atoms with E-state index in [4.69, 9.17) is 14.0 Å². The first-order chi connectivity index (χ1) is 14.2. The van der Waals surface area contributed by atoms with E-state index in [0.29, 0.717) is 31.1 Å². The third-order valence-electron chi connectivity index (χ3n) is 5.14. The molecule has 0 spiro atoms. The van der Waals surface area contributed by atoms with E-state index in [9.17, 15) is 4.79 Å². The van der Waals surface area contributed by atoms with Crippen molar-refractivity contribution < 1.29 is 18.8 Å². The zero-order valence-corrected chi connectivity index (χ0v) is 16.5. The lowest BCUT2D eigenvalue weighted by atomic mass is 10.1. The van der Waals surface area contributed by atoms with Crippen molar-refractivity contribution in [3.05, 3.63) is 65.8 Å². The number of methoxy groups -OCH3 is 2. The fourth-order valence-electron chi connectivity index (χ4n) is 3.47. The predicted octanol–water partition coefficient (Wildman–Crippen LogP) is 3.39. The van der Waals surface area contributed by atoms with E-state index < -0.39 is 0 Å². The second-order valence-corrected chi connectivity index (χ2v) is 7.00. The van der Waals surface area contributed by atoms with Gasteiger partial charge in [-0.2, -0.15) is 4.98 Å². The number of carbonyl (C=O) groups is 1. The minimum atomic E-state index is -0.0666. The molecular formula is C22H23N3O4. The number of anilines is 1. The SMILES string of the molecule is COc1ccc(CCc2nc(C3CC(=O)N(c4ccc(OC)cc4)C3)no2)cc1. The molecule has 0 radical (unpaired) electrons. The molecule has 1 amide bonds. The molecule has 2 aromatic carbocycles. The average Bonchev–Trinajstić information content (AvgIpc) is 3.39. The zero-order valence-electron chi connectivity index (χ0n) is 16.5. The number of rotatable bonds is 7. The Labute approximate surface area is 169 Å². The minimum absolute atomic E-state index is 0.0600. The number of amides is 1. The van der Waals surface area contributed by atoms with Crippen LogP contribution in [-0.2, 0) is 17.6 Å². The molecule has 150 valence electrons. The largest absolute Gasteiger partial charge is 0.497 e. The fraction of sp³-hybridized carbons (Fsp3) is 0.318. The van der Waals surface area contributed by atoms with Crippen LogP contribution in [0, 0.1) is 0 Å². The Morgan fingerprint density at radius 1 is 1.00 bits per heavy atom. The average molecular weight is 393 g/mol. The highest BCUT2D eigenvalue weighted by atomic mass is 16.5. The van der Waals surface area contributed by atoms with Crippen molar-refractivity contribution in [1.82, 2.24) is 10.1 Å². The molecule has 2 heterocycles. The zero-order chi connectivity index (χ0) is 20.2. The standard InChI is InChI=1S/C22H23N3O4/c1-27-18-8-3-15(4-9-18)5-12-20-23-22(24-29-20)16-13-21(26)25(14-16)17-6-10-19(28-2)11-7-17/h3-4,6-11,16H,5,12-14H2,1-2H3. The first-order valence-electron chi connectivity index (χ1n) is 9.56. The van der Waals surface area contributed by atoms with Crippen molar-refractivity contribution in [3.63, 3.8) is 0 Å². The molecule has 1 aromatic heterocycles. The van der Waals surface area contributed by atoms with Gasteiger partial charge in [0.05, 0.1) is 14.2 Å². The summed E-state index contributed by atoms with van der Waals surface area (Å²) >= 11 is 0. The first-order valence-corrected chi connectivity index (χ1v) is 9.56. The number of nitrogens with zero attached hydrogens (tertiary/aromatic N) is 3. The van der Waals surface area contributed by atoms with Crippen LogP contribution >= 0.6 is 0 Å². The van der Waals surface area contributed by atoms with Gasteiger partial charge >= 0.3 is 0 Å². The quantitative estimate of drug-likeness (QED) is 0.612. The van der Waals surface area contributed by atoms with Gasteiger partial charge in [-0.05, 0) is 48.4 Å². The minimum Gasteiger partial charge on any atom is -0.497 e. The molecule has 3 aromatic rings. The molecular weight excluding hydrogens is 370 g/mol. The number of aromatic nitrogens is 2. The van der Waals surface area contributed by atoms with Crippen LogP contribution in [-0.4, -0.2) is 36.8 Å². The van der Waals surface area contributed by atoms with E-state index in [1.807, 2.05) is 48.5 Å². The van der Waals surface area contributed by atoms with Crippen LogP contribution in [0.3, 0.4) is 0 Å². The lowest BCUT2D eigenvalue weighted by Gasteiger charge is -2.16. The summed E-state index contributed by atoms with van der Waals surface area (Å²) in [6, 6.07) is 15.4. The van der Waals surface area contributed by atoms with Gasteiger partial charge in [0, 0.05) is 31.0 Å². The van der Waals surface area contributed by atoms with Crippen molar-refractivity contribution >= 4 is 11.6 Å². The highest BCUT2D eigenvalue weighted by Crippen LogP contribution is 2.31. The summed E-state index contributed by atoms with van der Waals surface area (Å²) in [5.41, 5.74) is 2.02. The third-order valence-corrected chi connectivity index (χ3v) is 5.14. The summed E-state index contributed by atoms with van der Waals surface area (Å²) in [5, 5.41) is 4.12. The highest BCUT2D eigenvalue weighted by molar-refractivity contribution is 5.96. The van der Waals surface area contributed by atoms with Gasteiger partial charge in [-0.1, -0.05) is 17.3 Å². The van der Waals surface area contributed by atoms with Crippen LogP contribution in [0.1, 0.15) is 29.6 Å². The van der Waals surface area contributed by atoms with E-state index in [1.165, 1.54) is 5.56 Å². The number of ether oxygens (including phenoxy) is 2. The Morgan fingerprint density at radius 3 is 2.31 bits per heavy atom. The summed E-state index contributed by atoms with van der Waals surface area (Å²) in [5.74, 6) is 2.77. The molecule has 1 atom stereocenters. The Hall–Kier alpha value is -3.35. The monoisotopic (exact) mass is 393 g/mol. The van der Waals surface area contributed by atoms with E-state index in [0.717, 1.165) is 23.6 Å². The molecule has 1 aliphatic heterocycles. The molecule has 1 unspecified atom stereocenters. The molecule has 1 aliphatic rings. The fourth-order valence-corrected chi connectivity index (χ4v) is 3.47. The second-order valence-electron chi connectivity index (χ2n) is 7.00. The molecule has 1 saturated heterocycles. The van der Waals surface area contributed by atoms with E-state index in [2.05, 4.69) is 10.1 Å². The highest BCUT2D eigenvalue weighted by Gasteiger charge is 2.34. The van der Waals surface area contributed by atoms with Gasteiger partial charge in [0.15, 0.2) is 5.82 Å². The van der Waals surface area contributed by atoms with Crippen molar-refractivity contribution in [2.45, 2.75) is 25.2 Å². The molecule has 0 saturated carbocycles. The number of carbonyl (C=O) groups excluding carboxylic acids is 1. The maximum Gasteiger partial charge on any atom is 0.227 e. The van der Waals surface area contributed by atoms with Crippen molar-refractivity contribution in [2.75, 3.05) is 25.7 Å². The van der Waals surface area contributed by atoms with Gasteiger partial charge in [-0.3, -0.25) is 4.79 Å². The lowest BCUT2D eigenvalue weighted by Crippen LogP contribution is -2.24. The van der Waals surface area contributed by atoms with Crippen LogP contribution in [0.2, 0.25) is 0 Å². The van der Waals surface area contributed by atoms with Crippen molar-refractivity contribution in [3.8, 4) is 11.5 Å². The number of hydrogen-bond acceptors (Lipinski definition) is 6. The van der Waals surface area contributed by atoms with E-state index in [1.54, 1.807) is 19.1 Å². The maximum absolute atomic E-state index is 12.5. The van der Waals surface area contributed by atoms with Gasteiger partial charge in [0.2, 0.25) is 11.8 Å². The number of hydrogen-bond donors (Lipinski definition) is 0. The van der Waals surface area contributed by atoms with Gasteiger partial charge in [0.1, 0.15) is 11.5 Å². The summed E-state index contributed by atoms with van der Waals surface area (Å²) in [7, 11) is 3.27. The van der Waals surface area contributed by atoms with Crippen molar-refractivity contribution in [2.24, 2.45) is 0 Å². The summed E-state index contributed by atoms with van der Waals surface area (Å²) in [6.45, 7) is 0.544. The first kappa shape index (κ1) is 19.0. The van der Waals surface area contributed by atoms with Gasteiger partial charge in [-0.15, -0.1) is 0 Å². The van der Waals surface area contributed by atoms with Gasteiger partial charge < -0.3 is 18.9 Å². The Kier molecular flexibility index (Phi) is 5.46. The Bertz CT molecular complexity index is 966. The molecule has 7 nitrogen and oxygen atoms in total. The Morgan fingerprint density at radius 2 is 1.66 bits per heavy atom. The topological polar surface area (TPSA) is 77.7 Å². The maximum atomic E-state index is 12.5. The normalized spacial score (nSPS) is 16.3. The van der Waals surface area contributed by atoms with E-state index >= 15 is 0 Å². The van der Waals surface area contributed by atoms with Crippen LogP contribution < -0.4 is 14.4 Å². The van der Waals surface area contributed by atoms with Gasteiger partial charge in [0.25, 0.3) is 0 Å². The molecule has 0 N–H and O–H groups in total. The van der Waals surface area contributed by atoms with Crippen LogP contribution in [0.4, 0.5) is 5.69 Å². The number of aryl methyl sites for hydroxylation is 2. The Balaban J connectivity index is 1.38. The van der Waals surface area contributed by atoms with Crippen LogP contribution in [0.25, 0.3) is 0 Å². The van der Waals surface area contributed by atoms with Crippen LogP contribution in [0.15, 0.2) is 53.1 Å². The summed E-state index contributed by atoms with van der Waals surface area (Å²) in [6.07, 6.45) is 1.83. The molecule has 0 aliphatic carbocycles. The second kappa shape index (κ2) is 8.34. The predicted molar refractivity (Wildman–Crippen MR) is 107 cm³/mol. The molecule has 7 heteroatoms. The smallest absolute Gasteiger partial charge is 0.227 e. The molecule has 29 heavy (non-hydrogen) atoms. The van der Waals surface area contributed by atoms with Crippen LogP contribution in [0.5, 0.6) is 11.5 Å². The summed E-state index contributed by atoms with van der Waals surface area (Å²) in [4.78, 5) is 18.8. The summed E-state index contributed by atoms with van der Waals surface area (Å²) < 4.78 is 15.8. The molecule has 1 fully saturated rings. The number of benzene rings is 2. The van der Waals surface area contributed by atoms with Gasteiger partial charge in [-0.25, -0.2) is 0 Å². The van der Waals surface area contributed by atoms with Crippen molar-refractivity contribution in [1.29, 1.82) is 0 Å². The third kappa shape index (κ3) is 4.23. The molecule has 4 rings (SSSR count). The van der Waals surface area contributed by atoms with E-state index in [-0.39, 0.29) is 11.8 Å². The molecule has 0 bridgehead atoms.